The van der Waals surface area contributed by atoms with Crippen LogP contribution in [0.1, 0.15) is 31.7 Å². The minimum Gasteiger partial charge on any atom is -0.465 e. The normalized spacial score (nSPS) is 12.8. The zero-order valence-electron chi connectivity index (χ0n) is 12.6. The molecule has 7 heteroatoms. The highest BCUT2D eigenvalue weighted by Gasteiger charge is 2.25. The third-order valence-corrected chi connectivity index (χ3v) is 4.52. The molecular weight excluding hydrogens is 326 g/mol. The summed E-state index contributed by atoms with van der Waals surface area (Å²) in [4.78, 5) is 11.9. The molecule has 1 N–H and O–H groups in total. The van der Waals surface area contributed by atoms with Gasteiger partial charge in [-0.05, 0) is 18.4 Å². The summed E-state index contributed by atoms with van der Waals surface area (Å²) in [5.41, 5.74) is 0.652. The highest BCUT2D eigenvalue weighted by molar-refractivity contribution is 7.88. The van der Waals surface area contributed by atoms with Crippen LogP contribution in [0.15, 0.2) is 30.3 Å². The maximum atomic E-state index is 12.2. The molecule has 0 fully saturated rings. The lowest BCUT2D eigenvalue weighted by Gasteiger charge is -2.16. The molecule has 0 saturated carbocycles. The van der Waals surface area contributed by atoms with E-state index in [1.165, 1.54) is 0 Å². The number of alkyl halides is 1. The van der Waals surface area contributed by atoms with Gasteiger partial charge in [0.15, 0.2) is 0 Å². The summed E-state index contributed by atoms with van der Waals surface area (Å²) < 4.78 is 31.8. The Labute approximate surface area is 137 Å². The summed E-state index contributed by atoms with van der Waals surface area (Å²) in [5, 5.41) is 0. The van der Waals surface area contributed by atoms with Crippen LogP contribution in [0.25, 0.3) is 0 Å². The molecule has 0 unspecified atom stereocenters. The Morgan fingerprint density at radius 2 is 2.00 bits per heavy atom. The second-order valence-electron chi connectivity index (χ2n) is 4.91. The minimum atomic E-state index is -3.64. The molecule has 0 radical (unpaired) electrons. The third kappa shape index (κ3) is 7.24. The molecular formula is C15H22ClNO4S. The Hall–Kier alpha value is -1.11. The smallest absolute Gasteiger partial charge is 0.324 e. The van der Waals surface area contributed by atoms with E-state index in [-0.39, 0.29) is 24.7 Å². The highest BCUT2D eigenvalue weighted by Crippen LogP contribution is 2.07. The van der Waals surface area contributed by atoms with Crippen molar-refractivity contribution >= 4 is 27.6 Å². The molecule has 0 saturated heterocycles. The maximum Gasteiger partial charge on any atom is 0.324 e. The number of benzene rings is 1. The first-order valence-electron chi connectivity index (χ1n) is 7.25. The van der Waals surface area contributed by atoms with Gasteiger partial charge in [0.05, 0.1) is 12.4 Å². The molecule has 124 valence electrons. The standard InChI is InChI=1S/C15H22ClNO4S/c1-2-3-11-21-15(18)14(9-10-16)17-22(19,20)12-13-7-5-4-6-8-13/h4-8,14,17H,2-3,9-12H2,1H3/t14-/m0/s1. The largest absolute Gasteiger partial charge is 0.465 e. The van der Waals surface area contributed by atoms with E-state index in [0.29, 0.717) is 5.56 Å². The predicted octanol–water partition coefficient (Wildman–Crippen LogP) is 2.45. The summed E-state index contributed by atoms with van der Waals surface area (Å²) in [6.45, 7) is 2.27. The lowest BCUT2D eigenvalue weighted by Crippen LogP contribution is -2.42. The molecule has 1 aromatic carbocycles. The number of esters is 1. The SMILES string of the molecule is CCCCOC(=O)[C@H](CCCl)NS(=O)(=O)Cc1ccccc1. The van der Waals surface area contributed by atoms with Gasteiger partial charge in [-0.2, -0.15) is 0 Å². The van der Waals surface area contributed by atoms with Crippen LogP contribution in [0.2, 0.25) is 0 Å². The molecule has 0 aliphatic carbocycles. The van der Waals surface area contributed by atoms with E-state index in [0.717, 1.165) is 12.8 Å². The van der Waals surface area contributed by atoms with Crippen molar-refractivity contribution in [3.63, 3.8) is 0 Å². The molecule has 0 bridgehead atoms. The molecule has 0 amide bonds. The first-order valence-corrected chi connectivity index (χ1v) is 9.43. The molecule has 0 heterocycles. The molecule has 22 heavy (non-hydrogen) atoms. The summed E-state index contributed by atoms with van der Waals surface area (Å²) >= 11 is 5.65. The van der Waals surface area contributed by atoms with Gasteiger partial charge >= 0.3 is 5.97 Å². The average molecular weight is 348 g/mol. The second-order valence-corrected chi connectivity index (χ2v) is 7.05. The molecule has 0 aliphatic heterocycles. The quantitative estimate of drug-likeness (QED) is 0.401. The highest BCUT2D eigenvalue weighted by atomic mass is 35.5. The summed E-state index contributed by atoms with van der Waals surface area (Å²) in [6.07, 6.45) is 1.84. The van der Waals surface area contributed by atoms with Gasteiger partial charge in [0.1, 0.15) is 6.04 Å². The van der Waals surface area contributed by atoms with Crippen LogP contribution in [0.3, 0.4) is 0 Å². The number of ether oxygens (including phenoxy) is 1. The van der Waals surface area contributed by atoms with E-state index in [2.05, 4.69) is 4.72 Å². The van der Waals surface area contributed by atoms with Gasteiger partial charge in [-0.25, -0.2) is 13.1 Å². The summed E-state index contributed by atoms with van der Waals surface area (Å²) in [7, 11) is -3.64. The monoisotopic (exact) mass is 347 g/mol. The molecule has 0 aromatic heterocycles. The molecule has 0 aliphatic rings. The van der Waals surface area contributed by atoms with E-state index in [1.807, 2.05) is 13.0 Å². The Kier molecular flexibility index (Phi) is 8.45. The number of carbonyl (C=O) groups excluding carboxylic acids is 1. The van der Waals surface area contributed by atoms with Gasteiger partial charge < -0.3 is 4.74 Å². The van der Waals surface area contributed by atoms with E-state index >= 15 is 0 Å². The van der Waals surface area contributed by atoms with Crippen LogP contribution in [0, 0.1) is 0 Å². The Morgan fingerprint density at radius 1 is 1.32 bits per heavy atom. The Balaban J connectivity index is 2.66. The zero-order valence-corrected chi connectivity index (χ0v) is 14.2. The predicted molar refractivity (Wildman–Crippen MR) is 87.2 cm³/mol. The molecule has 5 nitrogen and oxygen atoms in total. The lowest BCUT2D eigenvalue weighted by molar-refractivity contribution is -0.145. The molecule has 0 spiro atoms. The summed E-state index contributed by atoms with van der Waals surface area (Å²) in [5.74, 6) is -0.596. The number of carbonyl (C=O) groups is 1. The first kappa shape index (κ1) is 18.9. The van der Waals surface area contributed by atoms with Gasteiger partial charge in [-0.3, -0.25) is 4.79 Å². The lowest BCUT2D eigenvalue weighted by atomic mass is 10.2. The van der Waals surface area contributed by atoms with Crippen LogP contribution < -0.4 is 4.72 Å². The van der Waals surface area contributed by atoms with E-state index in [9.17, 15) is 13.2 Å². The fourth-order valence-electron chi connectivity index (χ4n) is 1.80. The minimum absolute atomic E-state index is 0.168. The number of unbranched alkanes of at least 4 members (excludes halogenated alkanes) is 1. The van der Waals surface area contributed by atoms with Crippen molar-refractivity contribution < 1.29 is 17.9 Å². The Morgan fingerprint density at radius 3 is 2.59 bits per heavy atom. The van der Waals surface area contributed by atoms with Crippen molar-refractivity contribution in [2.75, 3.05) is 12.5 Å². The van der Waals surface area contributed by atoms with Crippen molar-refractivity contribution in [2.24, 2.45) is 0 Å². The van der Waals surface area contributed by atoms with E-state index < -0.39 is 22.0 Å². The van der Waals surface area contributed by atoms with Crippen molar-refractivity contribution in [1.82, 2.24) is 4.72 Å². The van der Waals surface area contributed by atoms with Crippen LogP contribution in [0.4, 0.5) is 0 Å². The molecule has 1 aromatic rings. The number of halogens is 1. The van der Waals surface area contributed by atoms with Crippen molar-refractivity contribution in [1.29, 1.82) is 0 Å². The van der Waals surface area contributed by atoms with Gasteiger partial charge in [0.25, 0.3) is 0 Å². The Bertz CT molecular complexity index is 548. The topological polar surface area (TPSA) is 72.5 Å². The van der Waals surface area contributed by atoms with Crippen LogP contribution >= 0.6 is 11.6 Å². The summed E-state index contributed by atoms with van der Waals surface area (Å²) in [6, 6.07) is 7.83. The van der Waals surface area contributed by atoms with E-state index in [4.69, 9.17) is 16.3 Å². The van der Waals surface area contributed by atoms with Crippen molar-refractivity contribution in [3.8, 4) is 0 Å². The van der Waals surface area contributed by atoms with Gasteiger partial charge in [-0.15, -0.1) is 11.6 Å². The zero-order chi connectivity index (χ0) is 16.4. The number of rotatable bonds is 10. The van der Waals surface area contributed by atoms with E-state index in [1.54, 1.807) is 24.3 Å². The van der Waals surface area contributed by atoms with Crippen molar-refractivity contribution in [2.45, 2.75) is 38.0 Å². The van der Waals surface area contributed by atoms with Gasteiger partial charge in [0, 0.05) is 5.88 Å². The van der Waals surface area contributed by atoms with Crippen LogP contribution in [0.5, 0.6) is 0 Å². The number of hydrogen-bond donors (Lipinski definition) is 1. The second kappa shape index (κ2) is 9.82. The molecule has 1 atom stereocenters. The van der Waals surface area contributed by atoms with Gasteiger partial charge in [-0.1, -0.05) is 43.7 Å². The fraction of sp³-hybridized carbons (Fsp3) is 0.533. The fourth-order valence-corrected chi connectivity index (χ4v) is 3.38. The van der Waals surface area contributed by atoms with Crippen molar-refractivity contribution in [3.05, 3.63) is 35.9 Å². The number of nitrogens with one attached hydrogen (secondary N) is 1. The van der Waals surface area contributed by atoms with Gasteiger partial charge in [0.2, 0.25) is 10.0 Å². The maximum absolute atomic E-state index is 12.2. The molecule has 1 rings (SSSR count). The van der Waals surface area contributed by atoms with Crippen LogP contribution in [-0.2, 0) is 25.3 Å². The number of hydrogen-bond acceptors (Lipinski definition) is 4. The first-order chi connectivity index (χ1) is 10.5. The van der Waals surface area contributed by atoms with Crippen LogP contribution in [-0.4, -0.2) is 32.9 Å². The number of sulfonamides is 1. The third-order valence-electron chi connectivity index (χ3n) is 2.95. The average Bonchev–Trinajstić information content (AvgIpc) is 2.47.